The van der Waals surface area contributed by atoms with E-state index < -0.39 is 13.0 Å². The second-order valence-corrected chi connectivity index (χ2v) is 6.08. The second kappa shape index (κ2) is 7.55. The van der Waals surface area contributed by atoms with E-state index >= 15 is 0 Å². The number of benzene rings is 1. The van der Waals surface area contributed by atoms with Crippen molar-refractivity contribution in [1.82, 2.24) is 19.7 Å². The van der Waals surface area contributed by atoms with E-state index in [1.807, 2.05) is 13.8 Å². The van der Waals surface area contributed by atoms with Gasteiger partial charge in [0.2, 0.25) is 5.95 Å². The topological polar surface area (TPSA) is 55.6 Å². The van der Waals surface area contributed by atoms with Gasteiger partial charge in [-0.15, -0.1) is 0 Å². The molecule has 0 aliphatic carbocycles. The van der Waals surface area contributed by atoms with Crippen molar-refractivity contribution in [1.29, 1.82) is 0 Å². The monoisotopic (exact) mass is 361 g/mol. The van der Waals surface area contributed by atoms with Crippen molar-refractivity contribution in [3.63, 3.8) is 0 Å². The van der Waals surface area contributed by atoms with E-state index in [4.69, 9.17) is 0 Å². The minimum absolute atomic E-state index is 0.142. The van der Waals surface area contributed by atoms with E-state index in [1.165, 1.54) is 23.0 Å². The average Bonchev–Trinajstić information content (AvgIpc) is 2.98. The van der Waals surface area contributed by atoms with Gasteiger partial charge in [-0.2, -0.15) is 5.10 Å². The van der Waals surface area contributed by atoms with Crippen molar-refractivity contribution in [2.45, 2.75) is 32.9 Å². The predicted molar refractivity (Wildman–Crippen MR) is 93.4 cm³/mol. The third-order valence-electron chi connectivity index (χ3n) is 3.55. The van der Waals surface area contributed by atoms with E-state index in [1.54, 1.807) is 24.4 Å². The fourth-order valence-electron chi connectivity index (χ4n) is 2.50. The number of hydrogen-bond donors (Lipinski definition) is 1. The third-order valence-corrected chi connectivity index (χ3v) is 3.55. The summed E-state index contributed by atoms with van der Waals surface area (Å²) in [7, 11) is 0. The Morgan fingerprint density at radius 2 is 1.85 bits per heavy atom. The first-order chi connectivity index (χ1) is 12.4. The van der Waals surface area contributed by atoms with Gasteiger partial charge in [0, 0.05) is 29.6 Å². The largest absolute Gasteiger partial charge is 0.352 e. The number of alkyl halides is 2. The summed E-state index contributed by atoms with van der Waals surface area (Å²) in [5.74, 6) is 0.0527. The molecule has 0 radical (unpaired) electrons. The fourth-order valence-corrected chi connectivity index (χ4v) is 2.50. The lowest BCUT2D eigenvalue weighted by atomic mass is 10.1. The first-order valence-electron chi connectivity index (χ1n) is 8.14. The highest BCUT2D eigenvalue weighted by Crippen LogP contribution is 2.30. The molecule has 136 valence electrons. The molecule has 1 aromatic carbocycles. The summed E-state index contributed by atoms with van der Waals surface area (Å²) in [6.07, 6.45) is 0.575. The Labute approximate surface area is 148 Å². The molecule has 0 fully saturated rings. The molecular weight excluding hydrogens is 343 g/mol. The quantitative estimate of drug-likeness (QED) is 0.714. The number of hydrogen-bond acceptors (Lipinski definition) is 4. The summed E-state index contributed by atoms with van der Waals surface area (Å²) in [6.45, 7) is 3.39. The maximum atomic E-state index is 13.2. The Balaban J connectivity index is 2.07. The minimum atomic E-state index is -2.53. The smallest absolute Gasteiger partial charge is 0.257 e. The molecule has 0 saturated carbocycles. The predicted octanol–water partition coefficient (Wildman–Crippen LogP) is 4.23. The van der Waals surface area contributed by atoms with Gasteiger partial charge in [-0.05, 0) is 44.2 Å². The zero-order chi connectivity index (χ0) is 18.7. The van der Waals surface area contributed by atoms with E-state index in [9.17, 15) is 13.2 Å². The van der Waals surface area contributed by atoms with Crippen LogP contribution in [0, 0.1) is 5.82 Å². The van der Waals surface area contributed by atoms with E-state index in [2.05, 4.69) is 20.4 Å². The van der Waals surface area contributed by atoms with Crippen LogP contribution in [-0.2, 0) is 6.54 Å². The van der Waals surface area contributed by atoms with Gasteiger partial charge in [0.1, 0.15) is 18.1 Å². The molecule has 0 unspecified atom stereocenters. The first kappa shape index (κ1) is 17.9. The zero-order valence-corrected chi connectivity index (χ0v) is 14.3. The maximum absolute atomic E-state index is 13.2. The van der Waals surface area contributed by atoms with Gasteiger partial charge < -0.3 is 5.32 Å². The summed E-state index contributed by atoms with van der Waals surface area (Å²) >= 11 is 0. The lowest BCUT2D eigenvalue weighted by molar-refractivity contribution is 0.122. The number of rotatable bonds is 6. The SMILES string of the molecule is CC(C)Nc1nccc(-c2cn(CC(F)F)nc2-c2ccc(F)cc2)n1. The molecular formula is C18H18F3N5. The molecule has 0 aliphatic rings. The highest BCUT2D eigenvalue weighted by molar-refractivity contribution is 5.78. The highest BCUT2D eigenvalue weighted by atomic mass is 19.3. The third kappa shape index (κ3) is 4.19. The van der Waals surface area contributed by atoms with Crippen LogP contribution in [0.4, 0.5) is 19.1 Å². The molecule has 0 atom stereocenters. The molecule has 2 aromatic heterocycles. The van der Waals surface area contributed by atoms with Crippen molar-refractivity contribution < 1.29 is 13.2 Å². The van der Waals surface area contributed by atoms with Crippen molar-refractivity contribution in [2.75, 3.05) is 5.32 Å². The standard InChI is InChI=1S/C18H18F3N5/c1-11(2)23-18-22-8-7-15(24-18)14-9-26(10-16(20)21)25-17(14)12-3-5-13(19)6-4-12/h3-9,11,16H,10H2,1-2H3,(H,22,23,24). The maximum Gasteiger partial charge on any atom is 0.257 e. The van der Waals surface area contributed by atoms with Gasteiger partial charge in [-0.25, -0.2) is 23.1 Å². The lowest BCUT2D eigenvalue weighted by Crippen LogP contribution is -2.12. The van der Waals surface area contributed by atoms with E-state index in [0.717, 1.165) is 0 Å². The van der Waals surface area contributed by atoms with E-state index in [0.29, 0.717) is 28.5 Å². The van der Waals surface area contributed by atoms with Crippen LogP contribution in [0.2, 0.25) is 0 Å². The van der Waals surface area contributed by atoms with Crippen LogP contribution in [0.3, 0.4) is 0 Å². The summed E-state index contributed by atoms with van der Waals surface area (Å²) < 4.78 is 40.0. The fraction of sp³-hybridized carbons (Fsp3) is 0.278. The van der Waals surface area contributed by atoms with Gasteiger partial charge >= 0.3 is 0 Å². The Morgan fingerprint density at radius 1 is 1.12 bits per heavy atom. The summed E-state index contributed by atoms with van der Waals surface area (Å²) in [6, 6.07) is 7.55. The minimum Gasteiger partial charge on any atom is -0.352 e. The van der Waals surface area contributed by atoms with Crippen molar-refractivity contribution in [3.05, 3.63) is 48.5 Å². The van der Waals surface area contributed by atoms with Gasteiger partial charge in [-0.3, -0.25) is 4.68 Å². The number of nitrogens with zero attached hydrogens (tertiary/aromatic N) is 4. The van der Waals surface area contributed by atoms with Gasteiger partial charge in [0.15, 0.2) is 0 Å². The molecule has 2 heterocycles. The molecule has 3 aromatic rings. The highest BCUT2D eigenvalue weighted by Gasteiger charge is 2.17. The normalized spacial score (nSPS) is 11.3. The molecule has 0 aliphatic heterocycles. The number of nitrogens with one attached hydrogen (secondary N) is 1. The molecule has 5 nitrogen and oxygen atoms in total. The molecule has 26 heavy (non-hydrogen) atoms. The lowest BCUT2D eigenvalue weighted by Gasteiger charge is -2.09. The molecule has 3 rings (SSSR count). The van der Waals surface area contributed by atoms with Crippen LogP contribution in [0.1, 0.15) is 13.8 Å². The number of anilines is 1. The van der Waals surface area contributed by atoms with Crippen LogP contribution >= 0.6 is 0 Å². The van der Waals surface area contributed by atoms with Gasteiger partial charge in [0.25, 0.3) is 6.43 Å². The van der Waals surface area contributed by atoms with Crippen LogP contribution in [0.25, 0.3) is 22.5 Å². The Morgan fingerprint density at radius 3 is 2.50 bits per heavy atom. The molecule has 8 heteroatoms. The van der Waals surface area contributed by atoms with Gasteiger partial charge in [0.05, 0.1) is 5.69 Å². The van der Waals surface area contributed by atoms with Crippen molar-refractivity contribution in [2.24, 2.45) is 0 Å². The number of aromatic nitrogens is 4. The Hall–Kier alpha value is -2.90. The summed E-state index contributed by atoms with van der Waals surface area (Å²) in [5, 5.41) is 7.35. The van der Waals surface area contributed by atoms with Crippen molar-refractivity contribution in [3.8, 4) is 22.5 Å². The van der Waals surface area contributed by atoms with Crippen molar-refractivity contribution >= 4 is 5.95 Å². The number of halogens is 3. The van der Waals surface area contributed by atoms with Crippen LogP contribution in [-0.4, -0.2) is 32.2 Å². The zero-order valence-electron chi connectivity index (χ0n) is 14.3. The van der Waals surface area contributed by atoms with Crippen LogP contribution < -0.4 is 5.32 Å². The first-order valence-corrected chi connectivity index (χ1v) is 8.14. The molecule has 0 spiro atoms. The van der Waals surface area contributed by atoms with Crippen LogP contribution in [0.5, 0.6) is 0 Å². The molecule has 0 amide bonds. The van der Waals surface area contributed by atoms with Gasteiger partial charge in [-0.1, -0.05) is 0 Å². The Kier molecular flexibility index (Phi) is 5.20. The van der Waals surface area contributed by atoms with Crippen LogP contribution in [0.15, 0.2) is 42.7 Å². The molecule has 1 N–H and O–H groups in total. The van der Waals surface area contributed by atoms with E-state index in [-0.39, 0.29) is 11.9 Å². The summed E-state index contributed by atoms with van der Waals surface area (Å²) in [4.78, 5) is 8.60. The summed E-state index contributed by atoms with van der Waals surface area (Å²) in [5.41, 5.74) is 2.20. The average molecular weight is 361 g/mol. The Bertz CT molecular complexity index is 875. The second-order valence-electron chi connectivity index (χ2n) is 6.08. The molecule has 0 saturated heterocycles. The molecule has 0 bridgehead atoms.